The lowest BCUT2D eigenvalue weighted by Crippen LogP contribution is -2.36. The molecule has 3 heterocycles. The fourth-order valence-corrected chi connectivity index (χ4v) is 7.22. The van der Waals surface area contributed by atoms with Gasteiger partial charge in [-0.15, -0.1) is 0 Å². The molecule has 2 N–H and O–H groups in total. The number of carbonyl (C=O) groups is 1. The Kier molecular flexibility index (Phi) is 5.16. The summed E-state index contributed by atoms with van der Waals surface area (Å²) in [6.45, 7) is 5.98. The Bertz CT molecular complexity index is 1090. The Morgan fingerprint density at radius 3 is 2.69 bits per heavy atom. The summed E-state index contributed by atoms with van der Waals surface area (Å²) in [4.78, 5) is 19.2. The van der Waals surface area contributed by atoms with E-state index in [-0.39, 0.29) is 35.2 Å². The monoisotopic (exact) mass is 433 g/mol. The van der Waals surface area contributed by atoms with Crippen molar-refractivity contribution in [2.24, 2.45) is 4.99 Å². The molecule has 0 spiro atoms. The zero-order valence-electron chi connectivity index (χ0n) is 16.5. The van der Waals surface area contributed by atoms with Gasteiger partial charge in [-0.25, -0.2) is 8.42 Å². The van der Waals surface area contributed by atoms with Crippen molar-refractivity contribution in [1.82, 2.24) is 10.2 Å². The molecule has 2 atom stereocenters. The third-order valence-corrected chi connectivity index (χ3v) is 8.36. The van der Waals surface area contributed by atoms with Crippen molar-refractivity contribution in [3.05, 3.63) is 41.1 Å². The van der Waals surface area contributed by atoms with Crippen LogP contribution in [0.4, 0.5) is 11.5 Å². The standard InChI is InChI=1S/C19H23N5O3S2/c1-11-4-5-14(6-12(11)2)24(8-18(25)21-17-7-13(3)22-23-17)19-20-15-9-29(26,27)10-16(15)28-19/h4-7,15-16H,8-10H2,1-3H3,(H2,21,22,23,25)/t15-,16-/m0/s1. The smallest absolute Gasteiger partial charge is 0.245 e. The number of nitrogens with zero attached hydrogens (tertiary/aromatic N) is 3. The second-order valence-electron chi connectivity index (χ2n) is 7.55. The van der Waals surface area contributed by atoms with E-state index in [1.54, 1.807) is 6.07 Å². The summed E-state index contributed by atoms with van der Waals surface area (Å²) in [5.74, 6) is 0.460. The minimum atomic E-state index is -3.03. The number of fused-ring (bicyclic) bond motifs is 1. The molecule has 2 aliphatic heterocycles. The van der Waals surface area contributed by atoms with Crippen molar-refractivity contribution in [3.63, 3.8) is 0 Å². The highest BCUT2D eigenvalue weighted by atomic mass is 32.2. The van der Waals surface area contributed by atoms with E-state index in [2.05, 4.69) is 20.5 Å². The van der Waals surface area contributed by atoms with Gasteiger partial charge in [0.05, 0.1) is 17.5 Å². The largest absolute Gasteiger partial charge is 0.312 e. The van der Waals surface area contributed by atoms with Crippen LogP contribution in [0.25, 0.3) is 0 Å². The van der Waals surface area contributed by atoms with Crippen LogP contribution in [0.3, 0.4) is 0 Å². The number of aromatic amines is 1. The summed E-state index contributed by atoms with van der Waals surface area (Å²) in [6.07, 6.45) is 0. The van der Waals surface area contributed by atoms with E-state index in [1.807, 2.05) is 43.9 Å². The average Bonchev–Trinajstić information content (AvgIpc) is 3.27. The van der Waals surface area contributed by atoms with Crippen LogP contribution in [0.1, 0.15) is 16.8 Å². The fraction of sp³-hybridized carbons (Fsp3) is 0.421. The minimum Gasteiger partial charge on any atom is -0.312 e. The molecule has 1 aromatic heterocycles. The highest BCUT2D eigenvalue weighted by Crippen LogP contribution is 2.37. The number of hydrogen-bond acceptors (Lipinski definition) is 7. The Morgan fingerprint density at radius 2 is 2.03 bits per heavy atom. The van der Waals surface area contributed by atoms with E-state index in [9.17, 15) is 13.2 Å². The summed E-state index contributed by atoms with van der Waals surface area (Å²) in [5, 5.41) is 10.2. The van der Waals surface area contributed by atoms with Gasteiger partial charge >= 0.3 is 0 Å². The van der Waals surface area contributed by atoms with E-state index in [1.165, 1.54) is 11.8 Å². The molecule has 8 nitrogen and oxygen atoms in total. The maximum Gasteiger partial charge on any atom is 0.245 e. The summed E-state index contributed by atoms with van der Waals surface area (Å²) >= 11 is 1.44. The van der Waals surface area contributed by atoms with Gasteiger partial charge in [0, 0.05) is 22.7 Å². The van der Waals surface area contributed by atoms with Gasteiger partial charge in [0.2, 0.25) is 5.91 Å². The van der Waals surface area contributed by atoms with Gasteiger partial charge in [0.15, 0.2) is 20.8 Å². The first-order chi connectivity index (χ1) is 13.7. The van der Waals surface area contributed by atoms with Crippen LogP contribution < -0.4 is 10.2 Å². The number of nitrogens with one attached hydrogen (secondary N) is 2. The van der Waals surface area contributed by atoms with Crippen molar-refractivity contribution < 1.29 is 13.2 Å². The number of thioether (sulfide) groups is 1. The van der Waals surface area contributed by atoms with Gasteiger partial charge in [-0.2, -0.15) is 5.10 Å². The van der Waals surface area contributed by atoms with Crippen LogP contribution >= 0.6 is 11.8 Å². The van der Waals surface area contributed by atoms with E-state index in [4.69, 9.17) is 0 Å². The first-order valence-electron chi connectivity index (χ1n) is 9.32. The van der Waals surface area contributed by atoms with Crippen LogP contribution in [0.5, 0.6) is 0 Å². The van der Waals surface area contributed by atoms with Crippen molar-refractivity contribution in [2.75, 3.05) is 28.3 Å². The molecule has 0 saturated carbocycles. The molecular weight excluding hydrogens is 410 g/mol. The molecule has 1 fully saturated rings. The van der Waals surface area contributed by atoms with Gasteiger partial charge in [-0.05, 0) is 44.0 Å². The number of carbonyl (C=O) groups excluding carboxylic acids is 1. The van der Waals surface area contributed by atoms with E-state index in [0.29, 0.717) is 11.0 Å². The van der Waals surface area contributed by atoms with Gasteiger partial charge in [-0.3, -0.25) is 14.9 Å². The van der Waals surface area contributed by atoms with Crippen LogP contribution in [-0.2, 0) is 14.6 Å². The maximum atomic E-state index is 12.7. The lowest BCUT2D eigenvalue weighted by atomic mass is 10.1. The first kappa shape index (κ1) is 20.0. The Hall–Kier alpha value is -2.33. The third kappa shape index (κ3) is 4.32. The fourth-order valence-electron chi connectivity index (χ4n) is 3.44. The molecule has 29 heavy (non-hydrogen) atoms. The number of aliphatic imine (C=N–C) groups is 1. The van der Waals surface area contributed by atoms with Crippen molar-refractivity contribution in [3.8, 4) is 0 Å². The Balaban J connectivity index is 1.59. The van der Waals surface area contributed by atoms with Gasteiger partial charge < -0.3 is 10.2 Å². The second-order valence-corrected chi connectivity index (χ2v) is 10.9. The Labute approximate surface area is 174 Å². The van der Waals surface area contributed by atoms with Gasteiger partial charge in [0.25, 0.3) is 0 Å². The lowest BCUT2D eigenvalue weighted by Gasteiger charge is -2.24. The number of anilines is 2. The topological polar surface area (TPSA) is 108 Å². The zero-order valence-corrected chi connectivity index (χ0v) is 18.1. The van der Waals surface area contributed by atoms with Crippen LogP contribution in [-0.4, -0.2) is 59.0 Å². The molecule has 0 unspecified atom stereocenters. The van der Waals surface area contributed by atoms with Crippen LogP contribution in [0.2, 0.25) is 0 Å². The predicted octanol–water partition coefficient (Wildman–Crippen LogP) is 2.05. The number of aromatic nitrogens is 2. The second kappa shape index (κ2) is 7.49. The molecule has 1 saturated heterocycles. The molecule has 0 radical (unpaired) electrons. The number of rotatable bonds is 4. The SMILES string of the molecule is Cc1cc(NC(=O)CN(C2=N[C@H]3CS(=O)(=O)C[C@@H]3S2)c2ccc(C)c(C)c2)n[nH]1. The Morgan fingerprint density at radius 1 is 1.24 bits per heavy atom. The van der Waals surface area contributed by atoms with Crippen LogP contribution in [0.15, 0.2) is 29.3 Å². The highest BCUT2D eigenvalue weighted by molar-refractivity contribution is 8.15. The minimum absolute atomic E-state index is 0.0619. The quantitative estimate of drug-likeness (QED) is 0.764. The summed E-state index contributed by atoms with van der Waals surface area (Å²) < 4.78 is 23.8. The maximum absolute atomic E-state index is 12.7. The molecule has 1 aromatic carbocycles. The van der Waals surface area contributed by atoms with Crippen molar-refractivity contribution in [1.29, 1.82) is 0 Å². The lowest BCUT2D eigenvalue weighted by molar-refractivity contribution is -0.114. The summed E-state index contributed by atoms with van der Waals surface area (Å²) in [5.41, 5.74) is 3.99. The summed E-state index contributed by atoms with van der Waals surface area (Å²) in [7, 11) is -3.03. The molecule has 10 heteroatoms. The number of amides is 1. The molecular formula is C19H23N5O3S2. The molecule has 0 bridgehead atoms. The van der Waals surface area contributed by atoms with Crippen molar-refractivity contribution in [2.45, 2.75) is 32.1 Å². The molecule has 4 rings (SSSR count). The highest BCUT2D eigenvalue weighted by Gasteiger charge is 2.44. The number of aryl methyl sites for hydroxylation is 3. The number of amidine groups is 1. The number of hydrogen-bond donors (Lipinski definition) is 2. The predicted molar refractivity (Wildman–Crippen MR) is 116 cm³/mol. The number of H-pyrrole nitrogens is 1. The van der Waals surface area contributed by atoms with Crippen LogP contribution in [0, 0.1) is 20.8 Å². The zero-order chi connectivity index (χ0) is 20.8. The van der Waals surface area contributed by atoms with Gasteiger partial charge in [0.1, 0.15) is 6.54 Å². The van der Waals surface area contributed by atoms with Gasteiger partial charge in [-0.1, -0.05) is 17.8 Å². The van der Waals surface area contributed by atoms with E-state index < -0.39 is 9.84 Å². The third-order valence-electron chi connectivity index (χ3n) is 5.11. The molecule has 2 aliphatic rings. The number of sulfone groups is 1. The molecule has 0 aliphatic carbocycles. The van der Waals surface area contributed by atoms with Crippen molar-refractivity contribution >= 4 is 44.2 Å². The van der Waals surface area contributed by atoms with E-state index in [0.717, 1.165) is 22.5 Å². The molecule has 1 amide bonds. The molecule has 2 aromatic rings. The number of benzene rings is 1. The average molecular weight is 434 g/mol. The summed E-state index contributed by atoms with van der Waals surface area (Å²) in [6, 6.07) is 7.51. The first-order valence-corrected chi connectivity index (χ1v) is 12.0. The normalized spacial score (nSPS) is 22.2. The molecule has 154 valence electrons. The van der Waals surface area contributed by atoms with E-state index >= 15 is 0 Å².